The Bertz CT molecular complexity index is 444. The molecule has 1 saturated heterocycles. The average Bonchev–Trinajstić information content (AvgIpc) is 2.65. The minimum Gasteiger partial charge on any atom is -0.544 e. The zero-order valence-corrected chi connectivity index (χ0v) is 11.5. The van der Waals surface area contributed by atoms with Gasteiger partial charge in [0.1, 0.15) is 17.8 Å². The monoisotopic (exact) mass is 267 g/mol. The number of carbonyl (C=O) groups is 1. The zero-order valence-electron chi connectivity index (χ0n) is 10.7. The predicted molar refractivity (Wildman–Crippen MR) is 68.1 cm³/mol. The number of ether oxygens (including phenoxy) is 1. The molecule has 0 saturated carbocycles. The lowest BCUT2D eigenvalue weighted by Crippen LogP contribution is -2.92. The van der Waals surface area contributed by atoms with Crippen LogP contribution in [0, 0.1) is 0 Å². The molecule has 5 heteroatoms. The van der Waals surface area contributed by atoms with Gasteiger partial charge in [-0.2, -0.15) is 0 Å². The summed E-state index contributed by atoms with van der Waals surface area (Å²) < 4.78 is 4.78. The van der Waals surface area contributed by atoms with Crippen molar-refractivity contribution in [3.8, 4) is 5.75 Å². The van der Waals surface area contributed by atoms with Crippen LogP contribution >= 0.6 is 11.8 Å². The second-order valence-corrected chi connectivity index (χ2v) is 6.70. The van der Waals surface area contributed by atoms with Gasteiger partial charge in [0.15, 0.2) is 5.37 Å². The Morgan fingerprint density at radius 2 is 2.00 bits per heavy atom. The van der Waals surface area contributed by atoms with Gasteiger partial charge in [-0.05, 0) is 38.1 Å². The van der Waals surface area contributed by atoms with E-state index in [9.17, 15) is 9.90 Å². The van der Waals surface area contributed by atoms with Crippen LogP contribution in [0.2, 0.25) is 0 Å². The fraction of sp³-hybridized carbons (Fsp3) is 0.462. The summed E-state index contributed by atoms with van der Waals surface area (Å²) >= 11 is 1.65. The van der Waals surface area contributed by atoms with Gasteiger partial charge >= 0.3 is 0 Å². The Balaban J connectivity index is 2.18. The maximum absolute atomic E-state index is 11.1. The van der Waals surface area contributed by atoms with E-state index < -0.39 is 12.0 Å². The molecule has 2 N–H and O–H groups in total. The fourth-order valence-electron chi connectivity index (χ4n) is 2.18. The number of nitrogens with two attached hydrogens (primary N) is 1. The van der Waals surface area contributed by atoms with Gasteiger partial charge in [-0.15, -0.1) is 0 Å². The van der Waals surface area contributed by atoms with Gasteiger partial charge in [0.2, 0.25) is 0 Å². The molecule has 1 aromatic carbocycles. The van der Waals surface area contributed by atoms with Gasteiger partial charge in [-0.1, -0.05) is 11.8 Å². The first-order chi connectivity index (χ1) is 8.44. The molecule has 0 unspecified atom stereocenters. The third kappa shape index (κ3) is 2.47. The molecule has 1 aliphatic rings. The van der Waals surface area contributed by atoms with Crippen molar-refractivity contribution < 1.29 is 20.0 Å². The first-order valence-electron chi connectivity index (χ1n) is 5.81. The fourth-order valence-corrected chi connectivity index (χ4v) is 3.69. The largest absolute Gasteiger partial charge is 0.544 e. The summed E-state index contributed by atoms with van der Waals surface area (Å²) in [6, 6.07) is 7.21. The lowest BCUT2D eigenvalue weighted by Gasteiger charge is -2.21. The Morgan fingerprint density at radius 3 is 2.44 bits per heavy atom. The quantitative estimate of drug-likeness (QED) is 0.830. The number of hydrogen-bond donors (Lipinski definition) is 1. The molecule has 1 aromatic rings. The highest BCUT2D eigenvalue weighted by Gasteiger charge is 2.46. The van der Waals surface area contributed by atoms with E-state index in [4.69, 9.17) is 4.74 Å². The lowest BCUT2D eigenvalue weighted by atomic mass is 10.0. The van der Waals surface area contributed by atoms with Crippen molar-refractivity contribution >= 4 is 17.7 Å². The number of aliphatic carboxylic acids is 1. The summed E-state index contributed by atoms with van der Waals surface area (Å²) in [5, 5.41) is 13.1. The second-order valence-electron chi connectivity index (χ2n) is 4.90. The number of carbonyl (C=O) groups excluding carboxylic acids is 1. The number of methoxy groups -OCH3 is 1. The molecule has 1 aliphatic heterocycles. The van der Waals surface area contributed by atoms with E-state index in [1.54, 1.807) is 18.9 Å². The Labute approximate surface area is 111 Å². The van der Waals surface area contributed by atoms with Crippen molar-refractivity contribution in [1.82, 2.24) is 0 Å². The maximum atomic E-state index is 11.1. The standard InChI is InChI=1S/C13H17NO3S/c1-13(2)10(12(15)16)14-11(18-13)8-4-6-9(17-3)7-5-8/h4-7,10-11,14H,1-3H3,(H,15,16)/t10-,11-/m0/s1. The van der Waals surface area contributed by atoms with E-state index in [0.29, 0.717) is 0 Å². The first-order valence-corrected chi connectivity index (χ1v) is 6.69. The van der Waals surface area contributed by atoms with Crippen LogP contribution < -0.4 is 15.2 Å². The number of quaternary nitrogens is 1. The van der Waals surface area contributed by atoms with Gasteiger partial charge < -0.3 is 20.0 Å². The summed E-state index contributed by atoms with van der Waals surface area (Å²) in [4.78, 5) is 11.1. The number of hydrogen-bond acceptors (Lipinski definition) is 4. The third-order valence-corrected chi connectivity index (χ3v) is 4.79. The van der Waals surface area contributed by atoms with Crippen LogP contribution in [0.5, 0.6) is 5.75 Å². The van der Waals surface area contributed by atoms with Crippen LogP contribution in [0.1, 0.15) is 24.8 Å². The van der Waals surface area contributed by atoms with Crippen LogP contribution in [-0.4, -0.2) is 23.9 Å². The molecule has 2 atom stereocenters. The van der Waals surface area contributed by atoms with Crippen molar-refractivity contribution in [1.29, 1.82) is 0 Å². The molecule has 2 rings (SSSR count). The minimum absolute atomic E-state index is 0.0915. The van der Waals surface area contributed by atoms with Crippen molar-refractivity contribution in [3.05, 3.63) is 29.8 Å². The van der Waals surface area contributed by atoms with Crippen molar-refractivity contribution in [2.75, 3.05) is 7.11 Å². The van der Waals surface area contributed by atoms with Crippen LogP contribution in [0.4, 0.5) is 0 Å². The maximum Gasteiger partial charge on any atom is 0.160 e. The number of rotatable bonds is 3. The Morgan fingerprint density at radius 1 is 1.39 bits per heavy atom. The highest BCUT2D eigenvalue weighted by molar-refractivity contribution is 8.00. The Hall–Kier alpha value is -1.20. The predicted octanol–water partition coefficient (Wildman–Crippen LogP) is -0.0989. The molecule has 0 bridgehead atoms. The van der Waals surface area contributed by atoms with E-state index in [-0.39, 0.29) is 10.1 Å². The summed E-state index contributed by atoms with van der Waals surface area (Å²) in [7, 11) is 1.63. The molecule has 0 amide bonds. The van der Waals surface area contributed by atoms with Gasteiger partial charge in [-0.25, -0.2) is 0 Å². The van der Waals surface area contributed by atoms with Crippen molar-refractivity contribution in [3.63, 3.8) is 0 Å². The smallest absolute Gasteiger partial charge is 0.160 e. The molecule has 0 aliphatic carbocycles. The van der Waals surface area contributed by atoms with Crippen LogP contribution in [0.15, 0.2) is 24.3 Å². The van der Waals surface area contributed by atoms with E-state index in [0.717, 1.165) is 11.3 Å². The van der Waals surface area contributed by atoms with Gasteiger partial charge in [-0.3, -0.25) is 0 Å². The number of carboxylic acid groups (broad SMARTS) is 1. The van der Waals surface area contributed by atoms with Crippen LogP contribution in [-0.2, 0) is 4.79 Å². The zero-order chi connectivity index (χ0) is 13.3. The van der Waals surface area contributed by atoms with Crippen molar-refractivity contribution in [2.45, 2.75) is 30.0 Å². The van der Waals surface area contributed by atoms with Crippen molar-refractivity contribution in [2.24, 2.45) is 0 Å². The van der Waals surface area contributed by atoms with E-state index in [1.807, 2.05) is 43.4 Å². The summed E-state index contributed by atoms with van der Waals surface area (Å²) in [5.41, 5.74) is 1.10. The molecule has 0 radical (unpaired) electrons. The molecule has 4 nitrogen and oxygen atoms in total. The summed E-state index contributed by atoms with van der Waals surface area (Å²) in [6.07, 6.45) is 0. The summed E-state index contributed by atoms with van der Waals surface area (Å²) in [5.74, 6) is -0.194. The van der Waals surface area contributed by atoms with Gasteiger partial charge in [0.05, 0.1) is 11.9 Å². The highest BCUT2D eigenvalue weighted by Crippen LogP contribution is 2.40. The van der Waals surface area contributed by atoms with E-state index in [2.05, 4.69) is 0 Å². The first kappa shape index (κ1) is 13.2. The number of thioether (sulfide) groups is 1. The number of benzene rings is 1. The lowest BCUT2D eigenvalue weighted by molar-refractivity contribution is -0.695. The summed E-state index contributed by atoms with van der Waals surface area (Å²) in [6.45, 7) is 3.89. The van der Waals surface area contributed by atoms with E-state index in [1.165, 1.54) is 0 Å². The SMILES string of the molecule is COc1ccc([C@H]2[NH2+][C@@H](C(=O)[O-])C(C)(C)S2)cc1. The molecular formula is C13H17NO3S. The normalized spacial score (nSPS) is 25.9. The topological polar surface area (TPSA) is 66.0 Å². The third-order valence-electron chi connectivity index (χ3n) is 3.25. The Kier molecular flexibility index (Phi) is 3.54. The highest BCUT2D eigenvalue weighted by atomic mass is 32.2. The minimum atomic E-state index is -0.997. The number of carboxylic acids is 1. The molecule has 1 heterocycles. The van der Waals surface area contributed by atoms with Gasteiger partial charge in [0, 0.05) is 5.56 Å². The molecule has 1 fully saturated rings. The molecule has 0 aromatic heterocycles. The second kappa shape index (κ2) is 4.82. The van der Waals surface area contributed by atoms with Crippen LogP contribution in [0.3, 0.4) is 0 Å². The molecule has 18 heavy (non-hydrogen) atoms. The molecule has 98 valence electrons. The van der Waals surface area contributed by atoms with E-state index >= 15 is 0 Å². The van der Waals surface area contributed by atoms with Crippen LogP contribution in [0.25, 0.3) is 0 Å². The average molecular weight is 267 g/mol. The molecular weight excluding hydrogens is 250 g/mol. The van der Waals surface area contributed by atoms with Gasteiger partial charge in [0.25, 0.3) is 0 Å². The molecule has 0 spiro atoms.